The summed E-state index contributed by atoms with van der Waals surface area (Å²) in [6.07, 6.45) is -0.0432. The van der Waals surface area contributed by atoms with Crippen molar-refractivity contribution < 1.29 is 14.3 Å². The van der Waals surface area contributed by atoms with Crippen molar-refractivity contribution in [2.45, 2.75) is 40.2 Å². The maximum Gasteiger partial charge on any atom is 0.265 e. The van der Waals surface area contributed by atoms with Crippen molar-refractivity contribution in [3.05, 3.63) is 59.2 Å². The molecule has 2 aromatic rings. The van der Waals surface area contributed by atoms with Gasteiger partial charge in [-0.2, -0.15) is 0 Å². The molecule has 1 atom stereocenters. The third-order valence-electron chi connectivity index (χ3n) is 3.80. The predicted molar refractivity (Wildman–Crippen MR) is 95.7 cm³/mol. The molecule has 0 saturated heterocycles. The maximum atomic E-state index is 12.5. The normalized spacial score (nSPS) is 11.7. The molecule has 1 amide bonds. The van der Waals surface area contributed by atoms with Crippen molar-refractivity contribution in [2.24, 2.45) is 0 Å². The molecule has 2 rings (SSSR count). The maximum absolute atomic E-state index is 12.5. The van der Waals surface area contributed by atoms with E-state index in [9.17, 15) is 9.59 Å². The highest BCUT2D eigenvalue weighted by Crippen LogP contribution is 2.21. The van der Waals surface area contributed by atoms with E-state index in [1.165, 1.54) is 6.92 Å². The van der Waals surface area contributed by atoms with Gasteiger partial charge in [-0.25, -0.2) is 0 Å². The van der Waals surface area contributed by atoms with Gasteiger partial charge in [0.05, 0.1) is 0 Å². The zero-order valence-corrected chi connectivity index (χ0v) is 14.6. The van der Waals surface area contributed by atoms with Crippen molar-refractivity contribution in [3.63, 3.8) is 0 Å². The lowest BCUT2D eigenvalue weighted by atomic mass is 10.1. The Kier molecular flexibility index (Phi) is 5.74. The zero-order valence-electron chi connectivity index (χ0n) is 14.6. The summed E-state index contributed by atoms with van der Waals surface area (Å²) in [5.74, 6) is 0.447. The second-order valence-electron chi connectivity index (χ2n) is 5.91. The summed E-state index contributed by atoms with van der Waals surface area (Å²) in [5, 5.41) is 2.82. The fraction of sp³-hybridized carbons (Fsp3) is 0.300. The fourth-order valence-corrected chi connectivity index (χ4v) is 2.45. The minimum Gasteiger partial charge on any atom is -0.480 e. The standard InChI is InChI=1S/C20H23NO3/c1-5-18(24-19-10-9-13(2)11-14(19)3)20(23)21-17-8-6-7-16(12-17)15(4)22/h6-12,18H,5H2,1-4H3,(H,21,23). The van der Waals surface area contributed by atoms with Crippen molar-refractivity contribution in [3.8, 4) is 5.75 Å². The van der Waals surface area contributed by atoms with Crippen LogP contribution in [0.2, 0.25) is 0 Å². The molecule has 126 valence electrons. The number of carbonyl (C=O) groups is 2. The number of benzene rings is 2. The van der Waals surface area contributed by atoms with E-state index in [1.807, 2.05) is 39.0 Å². The van der Waals surface area contributed by atoms with Crippen LogP contribution in [0.25, 0.3) is 0 Å². The molecular weight excluding hydrogens is 302 g/mol. The average molecular weight is 325 g/mol. The van der Waals surface area contributed by atoms with E-state index < -0.39 is 6.10 Å². The molecule has 4 heteroatoms. The van der Waals surface area contributed by atoms with Gasteiger partial charge in [0.15, 0.2) is 11.9 Å². The molecule has 0 aliphatic carbocycles. The van der Waals surface area contributed by atoms with Crippen LogP contribution in [0.3, 0.4) is 0 Å². The number of anilines is 1. The summed E-state index contributed by atoms with van der Waals surface area (Å²) in [5.41, 5.74) is 3.31. The molecule has 1 N–H and O–H groups in total. The highest BCUT2D eigenvalue weighted by molar-refractivity contribution is 5.98. The summed E-state index contributed by atoms with van der Waals surface area (Å²) in [7, 11) is 0. The minimum atomic E-state index is -0.590. The van der Waals surface area contributed by atoms with Crippen LogP contribution >= 0.6 is 0 Å². The van der Waals surface area contributed by atoms with Crippen LogP contribution < -0.4 is 10.1 Å². The second kappa shape index (κ2) is 7.77. The van der Waals surface area contributed by atoms with E-state index in [4.69, 9.17) is 4.74 Å². The van der Waals surface area contributed by atoms with Crippen LogP contribution in [0, 0.1) is 13.8 Å². The van der Waals surface area contributed by atoms with E-state index in [-0.39, 0.29) is 11.7 Å². The van der Waals surface area contributed by atoms with Crippen molar-refractivity contribution in [2.75, 3.05) is 5.32 Å². The molecule has 0 fully saturated rings. The van der Waals surface area contributed by atoms with E-state index >= 15 is 0 Å². The number of nitrogens with one attached hydrogen (secondary N) is 1. The highest BCUT2D eigenvalue weighted by atomic mass is 16.5. The van der Waals surface area contributed by atoms with Crippen LogP contribution in [0.15, 0.2) is 42.5 Å². The van der Waals surface area contributed by atoms with Crippen LogP contribution in [-0.2, 0) is 4.79 Å². The van der Waals surface area contributed by atoms with Crippen LogP contribution in [0.5, 0.6) is 5.75 Å². The highest BCUT2D eigenvalue weighted by Gasteiger charge is 2.19. The Hall–Kier alpha value is -2.62. The number of hydrogen-bond donors (Lipinski definition) is 1. The molecule has 0 radical (unpaired) electrons. The average Bonchev–Trinajstić information content (AvgIpc) is 2.54. The van der Waals surface area contributed by atoms with E-state index in [0.717, 1.165) is 11.1 Å². The molecule has 0 heterocycles. The van der Waals surface area contributed by atoms with Gasteiger partial charge in [0.1, 0.15) is 5.75 Å². The molecular formula is C20H23NO3. The Morgan fingerprint density at radius 1 is 1.12 bits per heavy atom. The van der Waals surface area contributed by atoms with Gasteiger partial charge in [-0.3, -0.25) is 9.59 Å². The summed E-state index contributed by atoms with van der Waals surface area (Å²) in [6.45, 7) is 7.38. The summed E-state index contributed by atoms with van der Waals surface area (Å²) < 4.78 is 5.88. The Morgan fingerprint density at radius 3 is 2.50 bits per heavy atom. The van der Waals surface area contributed by atoms with Crippen molar-refractivity contribution >= 4 is 17.4 Å². The first kappa shape index (κ1) is 17.7. The van der Waals surface area contributed by atoms with Crippen LogP contribution in [-0.4, -0.2) is 17.8 Å². The first-order chi connectivity index (χ1) is 11.4. The molecule has 1 unspecified atom stereocenters. The Balaban J connectivity index is 2.11. The van der Waals surface area contributed by atoms with Gasteiger partial charge in [0.25, 0.3) is 5.91 Å². The number of hydrogen-bond acceptors (Lipinski definition) is 3. The van der Waals surface area contributed by atoms with E-state index in [0.29, 0.717) is 23.4 Å². The lowest BCUT2D eigenvalue weighted by molar-refractivity contribution is -0.122. The Bertz CT molecular complexity index is 752. The topological polar surface area (TPSA) is 55.4 Å². The number of Topliss-reactive ketones (excluding diaryl/α,β-unsaturated/α-hetero) is 1. The first-order valence-electron chi connectivity index (χ1n) is 8.06. The zero-order chi connectivity index (χ0) is 17.7. The molecule has 0 aromatic heterocycles. The molecule has 0 aliphatic rings. The summed E-state index contributed by atoms with van der Waals surface area (Å²) in [4.78, 5) is 23.9. The van der Waals surface area contributed by atoms with Crippen LogP contribution in [0.4, 0.5) is 5.69 Å². The van der Waals surface area contributed by atoms with E-state index in [2.05, 4.69) is 5.32 Å². The molecule has 0 spiro atoms. The quantitative estimate of drug-likeness (QED) is 0.806. The smallest absolute Gasteiger partial charge is 0.265 e. The van der Waals surface area contributed by atoms with Gasteiger partial charge in [-0.1, -0.05) is 36.8 Å². The molecule has 4 nitrogen and oxygen atoms in total. The summed E-state index contributed by atoms with van der Waals surface area (Å²) in [6, 6.07) is 12.8. The minimum absolute atomic E-state index is 0.0373. The molecule has 0 saturated carbocycles. The Morgan fingerprint density at radius 2 is 1.88 bits per heavy atom. The largest absolute Gasteiger partial charge is 0.480 e. The van der Waals surface area contributed by atoms with Gasteiger partial charge < -0.3 is 10.1 Å². The van der Waals surface area contributed by atoms with Gasteiger partial charge in [0, 0.05) is 11.3 Å². The third kappa shape index (κ3) is 4.44. The molecule has 0 bridgehead atoms. The van der Waals surface area contributed by atoms with Crippen molar-refractivity contribution in [1.29, 1.82) is 0 Å². The Labute approximate surface area is 142 Å². The third-order valence-corrected chi connectivity index (χ3v) is 3.80. The lowest BCUT2D eigenvalue weighted by Gasteiger charge is -2.19. The number of ketones is 1. The van der Waals surface area contributed by atoms with Gasteiger partial charge in [-0.15, -0.1) is 0 Å². The van der Waals surface area contributed by atoms with Gasteiger partial charge in [0.2, 0.25) is 0 Å². The molecule has 2 aromatic carbocycles. The van der Waals surface area contributed by atoms with Gasteiger partial charge >= 0.3 is 0 Å². The number of rotatable bonds is 6. The van der Waals surface area contributed by atoms with E-state index in [1.54, 1.807) is 24.3 Å². The first-order valence-corrected chi connectivity index (χ1v) is 8.06. The second-order valence-corrected chi connectivity index (χ2v) is 5.91. The fourth-order valence-electron chi connectivity index (χ4n) is 2.45. The monoisotopic (exact) mass is 325 g/mol. The molecule has 24 heavy (non-hydrogen) atoms. The number of carbonyl (C=O) groups excluding carboxylic acids is 2. The predicted octanol–water partition coefficient (Wildman–Crippen LogP) is 4.30. The summed E-state index contributed by atoms with van der Waals surface area (Å²) >= 11 is 0. The number of amides is 1. The van der Waals surface area contributed by atoms with Crippen molar-refractivity contribution in [1.82, 2.24) is 0 Å². The SMILES string of the molecule is CCC(Oc1ccc(C)cc1C)C(=O)Nc1cccc(C(C)=O)c1. The number of aryl methyl sites for hydroxylation is 2. The number of ether oxygens (including phenoxy) is 1. The van der Waals surface area contributed by atoms with Gasteiger partial charge in [-0.05, 0) is 51.0 Å². The lowest BCUT2D eigenvalue weighted by Crippen LogP contribution is -2.32. The van der Waals surface area contributed by atoms with Crippen LogP contribution in [0.1, 0.15) is 41.8 Å². The molecule has 0 aliphatic heterocycles.